The minimum absolute atomic E-state index is 0.00654. The van der Waals surface area contributed by atoms with Crippen molar-refractivity contribution < 1.29 is 19.0 Å². The number of benzene rings is 2. The number of phenols is 1. The minimum atomic E-state index is -0.643. The lowest BCUT2D eigenvalue weighted by molar-refractivity contribution is 0.390. The average Bonchev–Trinajstić information content (AvgIpc) is 2.55. The first kappa shape index (κ1) is 20.5. The van der Waals surface area contributed by atoms with Gasteiger partial charge in [0.2, 0.25) is 0 Å². The van der Waals surface area contributed by atoms with Crippen molar-refractivity contribution in [3.05, 3.63) is 74.5 Å². The Morgan fingerprint density at radius 1 is 1.15 bits per heavy atom. The second-order valence-electron chi connectivity index (χ2n) is 6.49. The highest BCUT2D eigenvalue weighted by atomic mass is 35.5. The van der Waals surface area contributed by atoms with Crippen molar-refractivity contribution in [1.82, 2.24) is 0 Å². The molecule has 6 heteroatoms. The Hall–Kier alpha value is -1.78. The monoisotopic (exact) mass is 400 g/mol. The molecule has 2 rings (SSSR count). The summed E-state index contributed by atoms with van der Waals surface area (Å²) in [6.45, 7) is 6.90. The van der Waals surface area contributed by atoms with Crippen LogP contribution in [0.15, 0.2) is 30.5 Å². The number of aromatic hydroxyl groups is 1. The molecular formula is C20H20Cl2F2O2. The van der Waals surface area contributed by atoms with Gasteiger partial charge in [-0.2, -0.15) is 0 Å². The Bertz CT molecular complexity index is 848. The third kappa shape index (κ3) is 4.30. The van der Waals surface area contributed by atoms with Crippen LogP contribution in [0.4, 0.5) is 8.78 Å². The maximum atomic E-state index is 14.7. The van der Waals surface area contributed by atoms with Crippen molar-refractivity contribution in [1.29, 1.82) is 0 Å². The third-order valence-corrected chi connectivity index (χ3v) is 4.92. The fourth-order valence-corrected chi connectivity index (χ4v) is 3.44. The Morgan fingerprint density at radius 3 is 2.38 bits per heavy atom. The summed E-state index contributed by atoms with van der Waals surface area (Å²) in [6, 6.07) is 4.28. The van der Waals surface area contributed by atoms with Crippen LogP contribution in [-0.4, -0.2) is 10.2 Å². The summed E-state index contributed by atoms with van der Waals surface area (Å²) in [6.07, 6.45) is 0.382. The highest BCUT2D eigenvalue weighted by molar-refractivity contribution is 6.36. The van der Waals surface area contributed by atoms with Gasteiger partial charge in [-0.3, -0.25) is 0 Å². The molecule has 0 heterocycles. The smallest absolute Gasteiger partial charge is 0.145 e. The van der Waals surface area contributed by atoms with Crippen LogP contribution in [0.2, 0.25) is 10.0 Å². The molecule has 2 aromatic carbocycles. The molecule has 0 aliphatic carbocycles. The van der Waals surface area contributed by atoms with Gasteiger partial charge in [0.25, 0.3) is 0 Å². The molecule has 140 valence electrons. The molecule has 2 aromatic rings. The minimum Gasteiger partial charge on any atom is -0.513 e. The van der Waals surface area contributed by atoms with Gasteiger partial charge in [-0.25, -0.2) is 8.78 Å². The lowest BCUT2D eigenvalue weighted by Crippen LogP contribution is -2.03. The summed E-state index contributed by atoms with van der Waals surface area (Å²) in [5.74, 6) is -1.59. The van der Waals surface area contributed by atoms with E-state index in [1.165, 1.54) is 18.2 Å². The number of rotatable bonds is 6. The quantitative estimate of drug-likeness (QED) is 0.418. The molecule has 0 fully saturated rings. The molecule has 0 bridgehead atoms. The van der Waals surface area contributed by atoms with E-state index in [-0.39, 0.29) is 69.0 Å². The molecule has 0 saturated heterocycles. The molecule has 2 nitrogen and oxygen atoms in total. The first-order valence-corrected chi connectivity index (χ1v) is 8.91. The fraction of sp³-hybridized carbons (Fsp3) is 0.300. The van der Waals surface area contributed by atoms with E-state index in [1.54, 1.807) is 13.8 Å². The summed E-state index contributed by atoms with van der Waals surface area (Å²) in [5, 5.41) is 19.1. The Kier molecular flexibility index (Phi) is 6.53. The van der Waals surface area contributed by atoms with Gasteiger partial charge in [-0.05, 0) is 41.2 Å². The number of phenolic OH excluding ortho intramolecular Hbond substituents is 1. The molecule has 0 saturated carbocycles. The molecule has 0 radical (unpaired) electrons. The largest absolute Gasteiger partial charge is 0.513 e. The van der Waals surface area contributed by atoms with Crippen molar-refractivity contribution in [3.63, 3.8) is 0 Å². The van der Waals surface area contributed by atoms with E-state index in [2.05, 4.69) is 6.58 Å². The van der Waals surface area contributed by atoms with Gasteiger partial charge in [0.05, 0.1) is 10.8 Å². The molecule has 0 atom stereocenters. The normalized spacial score (nSPS) is 11.2. The van der Waals surface area contributed by atoms with Crippen LogP contribution in [-0.2, 0) is 12.8 Å². The fourth-order valence-electron chi connectivity index (χ4n) is 2.81. The molecule has 0 aromatic heterocycles. The first-order valence-electron chi connectivity index (χ1n) is 8.15. The second-order valence-corrected chi connectivity index (χ2v) is 7.28. The zero-order chi connectivity index (χ0) is 19.6. The van der Waals surface area contributed by atoms with E-state index in [1.807, 2.05) is 0 Å². The van der Waals surface area contributed by atoms with E-state index < -0.39 is 11.6 Å². The van der Waals surface area contributed by atoms with Crippen molar-refractivity contribution >= 4 is 23.2 Å². The molecule has 0 aliphatic rings. The van der Waals surface area contributed by atoms with E-state index in [9.17, 15) is 19.0 Å². The summed E-state index contributed by atoms with van der Waals surface area (Å²) >= 11 is 12.4. The second kappa shape index (κ2) is 8.28. The lowest BCUT2D eigenvalue weighted by Gasteiger charge is -2.16. The van der Waals surface area contributed by atoms with Gasteiger partial charge in [0.15, 0.2) is 0 Å². The number of allylic oxidation sites excluding steroid dienone is 1. The SMILES string of the molecule is C=C(O)CCc1cc(Cl)c(Cc2ccc(O)c(C(C)C)c2F)c(Cl)c1F. The van der Waals surface area contributed by atoms with E-state index in [4.69, 9.17) is 23.2 Å². The van der Waals surface area contributed by atoms with Crippen molar-refractivity contribution in [3.8, 4) is 5.75 Å². The van der Waals surface area contributed by atoms with E-state index >= 15 is 0 Å². The number of hydrogen-bond donors (Lipinski definition) is 2. The van der Waals surface area contributed by atoms with Gasteiger partial charge < -0.3 is 10.2 Å². The summed E-state index contributed by atoms with van der Waals surface area (Å²) in [7, 11) is 0. The topological polar surface area (TPSA) is 40.5 Å². The van der Waals surface area contributed by atoms with E-state index in [0.717, 1.165) is 0 Å². The summed E-state index contributed by atoms with van der Waals surface area (Å²) in [4.78, 5) is 0. The molecule has 2 N–H and O–H groups in total. The molecule has 0 amide bonds. The molecular weight excluding hydrogens is 381 g/mol. The summed E-state index contributed by atoms with van der Waals surface area (Å²) in [5.41, 5.74) is 1.00. The van der Waals surface area contributed by atoms with Crippen LogP contribution in [0.5, 0.6) is 5.75 Å². The predicted octanol–water partition coefficient (Wildman–Crippen LogP) is 6.70. The standard InChI is InChI=1S/C20H20Cl2F2O2/c1-10(2)17-16(26)7-6-12(19(17)23)8-14-15(21)9-13(5-4-11(3)25)20(24)18(14)22/h6-7,9-10,25-26H,3-5,8H2,1-2H3. The highest BCUT2D eigenvalue weighted by Gasteiger charge is 2.20. The van der Waals surface area contributed by atoms with Gasteiger partial charge in [0.1, 0.15) is 17.4 Å². The Labute approximate surface area is 161 Å². The molecule has 0 spiro atoms. The van der Waals surface area contributed by atoms with Crippen LogP contribution >= 0.6 is 23.2 Å². The summed E-state index contributed by atoms with van der Waals surface area (Å²) < 4.78 is 29.3. The van der Waals surface area contributed by atoms with Crippen molar-refractivity contribution in [2.24, 2.45) is 0 Å². The zero-order valence-electron chi connectivity index (χ0n) is 14.5. The van der Waals surface area contributed by atoms with Gasteiger partial charge in [-0.15, -0.1) is 0 Å². The maximum absolute atomic E-state index is 14.7. The van der Waals surface area contributed by atoms with Gasteiger partial charge >= 0.3 is 0 Å². The maximum Gasteiger partial charge on any atom is 0.145 e. The van der Waals surface area contributed by atoms with Gasteiger partial charge in [-0.1, -0.05) is 49.7 Å². The van der Waals surface area contributed by atoms with Crippen LogP contribution in [0.1, 0.15) is 48.4 Å². The highest BCUT2D eigenvalue weighted by Crippen LogP contribution is 2.36. The van der Waals surface area contributed by atoms with Crippen LogP contribution in [0.25, 0.3) is 0 Å². The molecule has 0 unspecified atom stereocenters. The number of halogens is 4. The molecule has 26 heavy (non-hydrogen) atoms. The number of hydrogen-bond acceptors (Lipinski definition) is 2. The number of aryl methyl sites for hydroxylation is 1. The van der Waals surface area contributed by atoms with Crippen LogP contribution in [0.3, 0.4) is 0 Å². The lowest BCUT2D eigenvalue weighted by atomic mass is 9.94. The van der Waals surface area contributed by atoms with Crippen LogP contribution < -0.4 is 0 Å². The average molecular weight is 401 g/mol. The number of aliphatic hydroxyl groups is 1. The Morgan fingerprint density at radius 2 is 1.81 bits per heavy atom. The van der Waals surface area contributed by atoms with Crippen molar-refractivity contribution in [2.45, 2.75) is 39.0 Å². The third-order valence-electron chi connectivity index (χ3n) is 4.19. The zero-order valence-corrected chi connectivity index (χ0v) is 16.1. The van der Waals surface area contributed by atoms with E-state index in [0.29, 0.717) is 0 Å². The molecule has 0 aliphatic heterocycles. The van der Waals surface area contributed by atoms with Crippen LogP contribution in [0, 0.1) is 11.6 Å². The Balaban J connectivity index is 2.44. The first-order chi connectivity index (χ1) is 12.1. The predicted molar refractivity (Wildman–Crippen MR) is 101 cm³/mol. The van der Waals surface area contributed by atoms with Crippen molar-refractivity contribution in [2.75, 3.05) is 0 Å². The number of aliphatic hydroxyl groups excluding tert-OH is 1. The van der Waals surface area contributed by atoms with Gasteiger partial charge in [0, 0.05) is 23.4 Å².